The predicted molar refractivity (Wildman–Crippen MR) is 69.9 cm³/mol. The molecule has 1 saturated carbocycles. The number of hydrogen-bond donors (Lipinski definition) is 2. The van der Waals surface area contributed by atoms with Gasteiger partial charge >= 0.3 is 11.9 Å². The van der Waals surface area contributed by atoms with E-state index in [0.717, 1.165) is 12.8 Å². The van der Waals surface area contributed by atoms with Crippen LogP contribution in [-0.2, 0) is 9.53 Å². The van der Waals surface area contributed by atoms with Gasteiger partial charge in [0.2, 0.25) is 0 Å². The Morgan fingerprint density at radius 2 is 2.16 bits per heavy atom. The summed E-state index contributed by atoms with van der Waals surface area (Å²) in [6.07, 6.45) is 2.00. The summed E-state index contributed by atoms with van der Waals surface area (Å²) >= 11 is 0. The van der Waals surface area contributed by atoms with Crippen LogP contribution in [0.15, 0.2) is 18.2 Å². The van der Waals surface area contributed by atoms with Crippen molar-refractivity contribution >= 4 is 17.6 Å². The first-order chi connectivity index (χ1) is 9.04. The Bertz CT molecular complexity index is 508. The Balaban J connectivity index is 2.43. The number of ether oxygens (including phenoxy) is 1. The molecule has 0 amide bonds. The number of carbonyl (C=O) groups excluding carboxylic acids is 1. The Hall–Kier alpha value is -2.04. The highest BCUT2D eigenvalue weighted by atomic mass is 16.5. The standard InChI is InChI=1S/C14H17NO4/c1-19-14(18)13-9(3-2-4-11(13)15)10(7-12(16)17)8-5-6-8/h2-4,8,10H,5-7,15H2,1H3,(H,16,17). The first-order valence-corrected chi connectivity index (χ1v) is 6.23. The maximum absolute atomic E-state index is 11.8. The zero-order chi connectivity index (χ0) is 14.0. The lowest BCUT2D eigenvalue weighted by Crippen LogP contribution is -2.15. The summed E-state index contributed by atoms with van der Waals surface area (Å²) < 4.78 is 4.75. The fraction of sp³-hybridized carbons (Fsp3) is 0.429. The highest BCUT2D eigenvalue weighted by molar-refractivity contribution is 5.97. The highest BCUT2D eigenvalue weighted by Gasteiger charge is 2.36. The zero-order valence-corrected chi connectivity index (χ0v) is 10.8. The van der Waals surface area contributed by atoms with Crippen LogP contribution in [0.4, 0.5) is 5.69 Å². The van der Waals surface area contributed by atoms with Crippen LogP contribution in [-0.4, -0.2) is 24.2 Å². The van der Waals surface area contributed by atoms with E-state index in [0.29, 0.717) is 22.7 Å². The first kappa shape index (κ1) is 13.4. The molecular weight excluding hydrogens is 246 g/mol. The summed E-state index contributed by atoms with van der Waals surface area (Å²) in [5.41, 5.74) is 7.17. The largest absolute Gasteiger partial charge is 0.481 e. The van der Waals surface area contributed by atoms with E-state index in [9.17, 15) is 9.59 Å². The molecule has 0 radical (unpaired) electrons. The van der Waals surface area contributed by atoms with Gasteiger partial charge in [0.05, 0.1) is 19.1 Å². The number of carboxylic acid groups (broad SMARTS) is 1. The molecule has 0 aliphatic heterocycles. The van der Waals surface area contributed by atoms with Gasteiger partial charge in [-0.25, -0.2) is 4.79 Å². The van der Waals surface area contributed by atoms with Crippen molar-refractivity contribution in [1.29, 1.82) is 0 Å². The molecule has 1 fully saturated rings. The molecule has 5 heteroatoms. The van der Waals surface area contributed by atoms with Gasteiger partial charge in [0.25, 0.3) is 0 Å². The SMILES string of the molecule is COC(=O)c1c(N)cccc1C(CC(=O)O)C1CC1. The van der Waals surface area contributed by atoms with Crippen molar-refractivity contribution in [2.75, 3.05) is 12.8 Å². The number of nitrogen functional groups attached to an aromatic ring is 1. The average molecular weight is 263 g/mol. The zero-order valence-electron chi connectivity index (χ0n) is 10.8. The van der Waals surface area contributed by atoms with Gasteiger partial charge < -0.3 is 15.6 Å². The molecule has 0 heterocycles. The molecule has 1 aromatic rings. The van der Waals surface area contributed by atoms with E-state index in [2.05, 4.69) is 0 Å². The molecular formula is C14H17NO4. The van der Waals surface area contributed by atoms with Crippen LogP contribution in [0.5, 0.6) is 0 Å². The lowest BCUT2D eigenvalue weighted by atomic mass is 9.87. The third kappa shape index (κ3) is 2.86. The molecule has 5 nitrogen and oxygen atoms in total. The quantitative estimate of drug-likeness (QED) is 0.626. The molecule has 0 bridgehead atoms. The number of benzene rings is 1. The van der Waals surface area contributed by atoms with Gasteiger partial charge in [-0.15, -0.1) is 0 Å². The van der Waals surface area contributed by atoms with Crippen LogP contribution in [0.1, 0.15) is 41.1 Å². The summed E-state index contributed by atoms with van der Waals surface area (Å²) in [6, 6.07) is 5.14. The molecule has 0 spiro atoms. The third-order valence-corrected chi connectivity index (χ3v) is 3.50. The second-order valence-electron chi connectivity index (χ2n) is 4.84. The van der Waals surface area contributed by atoms with Gasteiger partial charge in [0.15, 0.2) is 0 Å². The van der Waals surface area contributed by atoms with E-state index in [1.54, 1.807) is 18.2 Å². The summed E-state index contributed by atoms with van der Waals surface area (Å²) in [5, 5.41) is 9.03. The number of nitrogens with two attached hydrogens (primary N) is 1. The Morgan fingerprint density at radius 1 is 1.47 bits per heavy atom. The molecule has 1 atom stereocenters. The molecule has 2 rings (SSSR count). The number of rotatable bonds is 5. The van der Waals surface area contributed by atoms with Crippen molar-refractivity contribution in [3.05, 3.63) is 29.3 Å². The van der Waals surface area contributed by atoms with Gasteiger partial charge in [-0.05, 0) is 36.3 Å². The van der Waals surface area contributed by atoms with E-state index in [1.165, 1.54) is 7.11 Å². The van der Waals surface area contributed by atoms with Crippen molar-refractivity contribution in [3.63, 3.8) is 0 Å². The predicted octanol–water partition coefficient (Wildman–Crippen LogP) is 2.02. The summed E-state index contributed by atoms with van der Waals surface area (Å²) in [4.78, 5) is 22.8. The normalized spacial score (nSPS) is 15.8. The van der Waals surface area contributed by atoms with Gasteiger partial charge in [-0.3, -0.25) is 4.79 Å². The number of aliphatic carboxylic acids is 1. The van der Waals surface area contributed by atoms with Crippen molar-refractivity contribution in [2.45, 2.75) is 25.2 Å². The average Bonchev–Trinajstić information content (AvgIpc) is 3.19. The van der Waals surface area contributed by atoms with E-state index < -0.39 is 11.9 Å². The van der Waals surface area contributed by atoms with Crippen molar-refractivity contribution < 1.29 is 19.4 Å². The first-order valence-electron chi connectivity index (χ1n) is 6.23. The van der Waals surface area contributed by atoms with Crippen LogP contribution < -0.4 is 5.73 Å². The lowest BCUT2D eigenvalue weighted by molar-refractivity contribution is -0.137. The minimum absolute atomic E-state index is 0.0120. The van der Waals surface area contributed by atoms with Gasteiger partial charge in [0, 0.05) is 5.69 Å². The molecule has 0 saturated heterocycles. The topological polar surface area (TPSA) is 89.6 Å². The minimum Gasteiger partial charge on any atom is -0.481 e. The number of esters is 1. The maximum Gasteiger partial charge on any atom is 0.340 e. The summed E-state index contributed by atoms with van der Waals surface area (Å²) in [7, 11) is 1.29. The van der Waals surface area contributed by atoms with Crippen LogP contribution in [0.3, 0.4) is 0 Å². The smallest absolute Gasteiger partial charge is 0.340 e. The fourth-order valence-electron chi connectivity index (χ4n) is 2.45. The van der Waals surface area contributed by atoms with E-state index in [-0.39, 0.29) is 12.3 Å². The van der Waals surface area contributed by atoms with Crippen LogP contribution >= 0.6 is 0 Å². The molecule has 1 unspecified atom stereocenters. The van der Waals surface area contributed by atoms with Crippen molar-refractivity contribution in [3.8, 4) is 0 Å². The third-order valence-electron chi connectivity index (χ3n) is 3.50. The van der Waals surface area contributed by atoms with Crippen LogP contribution in [0.25, 0.3) is 0 Å². The molecule has 0 aromatic heterocycles. The summed E-state index contributed by atoms with van der Waals surface area (Å²) in [5.74, 6) is -1.23. The molecule has 1 aliphatic carbocycles. The summed E-state index contributed by atoms with van der Waals surface area (Å²) in [6.45, 7) is 0. The van der Waals surface area contributed by atoms with E-state index in [1.807, 2.05) is 0 Å². The second-order valence-corrected chi connectivity index (χ2v) is 4.84. The van der Waals surface area contributed by atoms with E-state index in [4.69, 9.17) is 15.6 Å². The maximum atomic E-state index is 11.8. The van der Waals surface area contributed by atoms with E-state index >= 15 is 0 Å². The number of methoxy groups -OCH3 is 1. The molecule has 3 N–H and O–H groups in total. The number of carbonyl (C=O) groups is 2. The number of anilines is 1. The molecule has 19 heavy (non-hydrogen) atoms. The van der Waals surface area contributed by atoms with Crippen molar-refractivity contribution in [1.82, 2.24) is 0 Å². The Labute approximate surface area is 111 Å². The Kier molecular flexibility index (Phi) is 3.74. The van der Waals surface area contributed by atoms with Crippen LogP contribution in [0, 0.1) is 5.92 Å². The Morgan fingerprint density at radius 3 is 2.68 bits per heavy atom. The highest BCUT2D eigenvalue weighted by Crippen LogP contribution is 2.46. The lowest BCUT2D eigenvalue weighted by Gasteiger charge is -2.18. The van der Waals surface area contributed by atoms with Crippen molar-refractivity contribution in [2.24, 2.45) is 5.92 Å². The fourth-order valence-corrected chi connectivity index (χ4v) is 2.45. The monoisotopic (exact) mass is 263 g/mol. The molecule has 1 aromatic carbocycles. The van der Waals surface area contributed by atoms with Gasteiger partial charge in [0.1, 0.15) is 0 Å². The molecule has 102 valence electrons. The van der Waals surface area contributed by atoms with Crippen LogP contribution in [0.2, 0.25) is 0 Å². The number of hydrogen-bond acceptors (Lipinski definition) is 4. The minimum atomic E-state index is -0.866. The second kappa shape index (κ2) is 5.30. The number of carboxylic acids is 1. The van der Waals surface area contributed by atoms with Gasteiger partial charge in [-0.2, -0.15) is 0 Å². The van der Waals surface area contributed by atoms with Gasteiger partial charge in [-0.1, -0.05) is 12.1 Å². The molecule has 1 aliphatic rings.